The molecule has 0 radical (unpaired) electrons. The molecular formula is C15H19ClN2O2S. The van der Waals surface area contributed by atoms with Gasteiger partial charge in [-0.15, -0.1) is 0 Å². The van der Waals surface area contributed by atoms with Crippen LogP contribution < -0.4 is 10.6 Å². The number of halogens is 1. The summed E-state index contributed by atoms with van der Waals surface area (Å²) < 4.78 is 0. The minimum absolute atomic E-state index is 0.163. The Hall–Kier alpha value is -0.910. The third kappa shape index (κ3) is 3.84. The minimum atomic E-state index is -0.738. The van der Waals surface area contributed by atoms with Gasteiger partial charge in [-0.3, -0.25) is 0 Å². The summed E-state index contributed by atoms with van der Waals surface area (Å²) in [5.74, 6) is 2.00. The van der Waals surface area contributed by atoms with Crippen LogP contribution in [-0.2, 0) is 0 Å². The topological polar surface area (TPSA) is 61.4 Å². The Kier molecular flexibility index (Phi) is 4.33. The molecule has 3 N–H and O–H groups in total. The fourth-order valence-corrected chi connectivity index (χ4v) is 4.15. The number of amides is 2. The number of hydrogen-bond acceptors (Lipinski definition) is 3. The zero-order chi connectivity index (χ0) is 14.9. The molecule has 1 aromatic carbocycles. The summed E-state index contributed by atoms with van der Waals surface area (Å²) in [7, 11) is 0. The van der Waals surface area contributed by atoms with E-state index in [-0.39, 0.29) is 12.1 Å². The van der Waals surface area contributed by atoms with Gasteiger partial charge < -0.3 is 15.7 Å². The van der Waals surface area contributed by atoms with Crippen molar-refractivity contribution >= 4 is 29.4 Å². The lowest BCUT2D eigenvalue weighted by atomic mass is 10.0. The second-order valence-corrected chi connectivity index (χ2v) is 7.40. The predicted octanol–water partition coefficient (Wildman–Crippen LogP) is 2.36. The van der Waals surface area contributed by atoms with E-state index >= 15 is 0 Å². The van der Waals surface area contributed by atoms with Crippen molar-refractivity contribution in [2.24, 2.45) is 0 Å². The van der Waals surface area contributed by atoms with Crippen LogP contribution in [0.25, 0.3) is 0 Å². The molecule has 0 aromatic heterocycles. The number of benzene rings is 1. The van der Waals surface area contributed by atoms with Gasteiger partial charge in [-0.1, -0.05) is 23.7 Å². The van der Waals surface area contributed by atoms with Crippen LogP contribution in [0.5, 0.6) is 0 Å². The normalized spacial score (nSPS) is 31.0. The zero-order valence-corrected chi connectivity index (χ0v) is 13.2. The molecule has 2 fully saturated rings. The summed E-state index contributed by atoms with van der Waals surface area (Å²) in [6.45, 7) is 0.320. The molecule has 2 aliphatic rings. The van der Waals surface area contributed by atoms with Gasteiger partial charge in [-0.05, 0) is 36.3 Å². The molecule has 6 heteroatoms. The summed E-state index contributed by atoms with van der Waals surface area (Å²) in [5.41, 5.74) is 0.427. The highest BCUT2D eigenvalue weighted by atomic mass is 35.5. The SMILES string of the molecule is O=C(NCC1(O)CCSC1)NC1CC1c1cccc(Cl)c1. The standard InChI is InChI=1S/C15H19ClN2O2S/c16-11-3-1-2-10(6-11)12-7-13(12)18-14(19)17-8-15(20)4-5-21-9-15/h1-3,6,12-13,20H,4-5,7-9H2,(H2,17,18,19). The van der Waals surface area contributed by atoms with Crippen molar-refractivity contribution in [3.05, 3.63) is 34.9 Å². The van der Waals surface area contributed by atoms with Crippen LogP contribution in [0, 0.1) is 0 Å². The van der Waals surface area contributed by atoms with Crippen molar-refractivity contribution in [1.82, 2.24) is 10.6 Å². The van der Waals surface area contributed by atoms with E-state index in [9.17, 15) is 9.90 Å². The van der Waals surface area contributed by atoms with Crippen molar-refractivity contribution in [3.63, 3.8) is 0 Å². The summed E-state index contributed by atoms with van der Waals surface area (Å²) >= 11 is 7.70. The Labute approximate surface area is 133 Å². The predicted molar refractivity (Wildman–Crippen MR) is 86.0 cm³/mol. The first-order valence-electron chi connectivity index (χ1n) is 7.16. The van der Waals surface area contributed by atoms with Gasteiger partial charge in [0.15, 0.2) is 0 Å². The number of carbonyl (C=O) groups is 1. The maximum absolute atomic E-state index is 11.9. The largest absolute Gasteiger partial charge is 0.387 e. The molecule has 1 aliphatic heterocycles. The molecule has 114 valence electrons. The highest BCUT2D eigenvalue weighted by molar-refractivity contribution is 7.99. The number of carbonyl (C=O) groups excluding carboxylic acids is 1. The molecule has 1 saturated carbocycles. The second-order valence-electron chi connectivity index (χ2n) is 5.86. The van der Waals surface area contributed by atoms with Crippen molar-refractivity contribution < 1.29 is 9.90 Å². The molecule has 1 heterocycles. The lowest BCUT2D eigenvalue weighted by Gasteiger charge is -2.21. The summed E-state index contributed by atoms with van der Waals surface area (Å²) in [6.07, 6.45) is 1.68. The maximum atomic E-state index is 11.9. The first kappa shape index (κ1) is 15.0. The van der Waals surface area contributed by atoms with Crippen LogP contribution in [0.3, 0.4) is 0 Å². The van der Waals surface area contributed by atoms with Gasteiger partial charge in [-0.25, -0.2) is 4.79 Å². The van der Waals surface area contributed by atoms with E-state index < -0.39 is 5.60 Å². The van der Waals surface area contributed by atoms with Crippen molar-refractivity contribution in [2.45, 2.75) is 30.4 Å². The van der Waals surface area contributed by atoms with E-state index in [4.69, 9.17) is 11.6 Å². The highest BCUT2D eigenvalue weighted by Gasteiger charge is 2.40. The van der Waals surface area contributed by atoms with Crippen molar-refractivity contribution in [2.75, 3.05) is 18.1 Å². The Morgan fingerprint density at radius 3 is 3.10 bits per heavy atom. The van der Waals surface area contributed by atoms with Crippen molar-refractivity contribution in [3.8, 4) is 0 Å². The van der Waals surface area contributed by atoms with E-state index in [1.165, 1.54) is 5.56 Å². The lowest BCUT2D eigenvalue weighted by Crippen LogP contribution is -2.47. The summed E-state index contributed by atoms with van der Waals surface area (Å²) in [6, 6.07) is 7.73. The first-order valence-corrected chi connectivity index (χ1v) is 8.69. The molecule has 3 rings (SSSR count). The molecule has 0 spiro atoms. The van der Waals surface area contributed by atoms with Gasteiger partial charge in [0, 0.05) is 29.3 Å². The van der Waals surface area contributed by atoms with Gasteiger partial charge in [0.1, 0.15) is 0 Å². The number of urea groups is 1. The van der Waals surface area contributed by atoms with Crippen LogP contribution in [0.4, 0.5) is 4.79 Å². The molecule has 4 nitrogen and oxygen atoms in total. The minimum Gasteiger partial charge on any atom is -0.387 e. The molecule has 21 heavy (non-hydrogen) atoms. The fourth-order valence-electron chi connectivity index (χ4n) is 2.66. The van der Waals surface area contributed by atoms with Crippen LogP contribution in [0.1, 0.15) is 24.3 Å². The van der Waals surface area contributed by atoms with Gasteiger partial charge in [0.2, 0.25) is 0 Å². The average Bonchev–Trinajstić information content (AvgIpc) is 3.08. The van der Waals surface area contributed by atoms with E-state index in [1.54, 1.807) is 11.8 Å². The van der Waals surface area contributed by atoms with E-state index in [2.05, 4.69) is 10.6 Å². The van der Waals surface area contributed by atoms with Crippen LogP contribution >= 0.6 is 23.4 Å². The number of hydrogen-bond donors (Lipinski definition) is 3. The molecule has 0 bridgehead atoms. The maximum Gasteiger partial charge on any atom is 0.315 e. The van der Waals surface area contributed by atoms with Gasteiger partial charge in [0.25, 0.3) is 0 Å². The molecule has 3 atom stereocenters. The van der Waals surface area contributed by atoms with Crippen LogP contribution in [0.2, 0.25) is 5.02 Å². The van der Waals surface area contributed by atoms with Gasteiger partial charge >= 0.3 is 6.03 Å². The summed E-state index contributed by atoms with van der Waals surface area (Å²) in [4.78, 5) is 11.9. The highest BCUT2D eigenvalue weighted by Crippen LogP contribution is 2.41. The quantitative estimate of drug-likeness (QED) is 0.796. The van der Waals surface area contributed by atoms with E-state index in [1.807, 2.05) is 24.3 Å². The second kappa shape index (κ2) is 6.07. The molecule has 3 unspecified atom stereocenters. The Balaban J connectivity index is 1.44. The van der Waals surface area contributed by atoms with Gasteiger partial charge in [0.05, 0.1) is 5.60 Å². The van der Waals surface area contributed by atoms with E-state index in [0.717, 1.165) is 23.6 Å². The molecule has 1 aromatic rings. The number of thioether (sulfide) groups is 1. The third-order valence-electron chi connectivity index (χ3n) is 4.04. The number of nitrogens with one attached hydrogen (secondary N) is 2. The van der Waals surface area contributed by atoms with Crippen LogP contribution in [0.15, 0.2) is 24.3 Å². The van der Waals surface area contributed by atoms with Gasteiger partial charge in [-0.2, -0.15) is 11.8 Å². The van der Waals surface area contributed by atoms with Crippen molar-refractivity contribution in [1.29, 1.82) is 0 Å². The first-order chi connectivity index (χ1) is 10.1. The number of rotatable bonds is 4. The zero-order valence-electron chi connectivity index (χ0n) is 11.6. The molecule has 2 amide bonds. The third-order valence-corrected chi connectivity index (χ3v) is 5.51. The molecule has 1 saturated heterocycles. The average molecular weight is 327 g/mol. The Morgan fingerprint density at radius 1 is 1.52 bits per heavy atom. The fraction of sp³-hybridized carbons (Fsp3) is 0.533. The lowest BCUT2D eigenvalue weighted by molar-refractivity contribution is 0.0700. The Bertz CT molecular complexity index is 534. The van der Waals surface area contributed by atoms with Crippen LogP contribution in [-0.4, -0.2) is 40.8 Å². The monoisotopic (exact) mass is 326 g/mol. The van der Waals surface area contributed by atoms with E-state index in [0.29, 0.717) is 18.2 Å². The number of aliphatic hydroxyl groups is 1. The molecule has 1 aliphatic carbocycles. The summed E-state index contributed by atoms with van der Waals surface area (Å²) in [5, 5.41) is 16.6. The molecular weight excluding hydrogens is 308 g/mol. The Morgan fingerprint density at radius 2 is 2.38 bits per heavy atom. The smallest absolute Gasteiger partial charge is 0.315 e.